The average Bonchev–Trinajstić information content (AvgIpc) is 3.16. The van der Waals surface area contributed by atoms with Gasteiger partial charge in [0.1, 0.15) is 6.26 Å². The van der Waals surface area contributed by atoms with Crippen molar-refractivity contribution in [2.45, 2.75) is 19.3 Å². The average molecular weight is 326 g/mol. The minimum atomic E-state index is -0.0338. The van der Waals surface area contributed by atoms with Crippen LogP contribution in [0.5, 0.6) is 0 Å². The lowest BCUT2D eigenvalue weighted by Gasteiger charge is -2.35. The van der Waals surface area contributed by atoms with Gasteiger partial charge in [-0.05, 0) is 17.5 Å². The maximum absolute atomic E-state index is 12.5. The van der Waals surface area contributed by atoms with Crippen LogP contribution in [0.15, 0.2) is 53.3 Å². The number of carbonyl (C=O) groups excluding carboxylic acids is 2. The molecule has 24 heavy (non-hydrogen) atoms. The summed E-state index contributed by atoms with van der Waals surface area (Å²) in [6.45, 7) is 4.38. The van der Waals surface area contributed by atoms with E-state index in [4.69, 9.17) is 4.42 Å². The first kappa shape index (κ1) is 16.3. The predicted molar refractivity (Wildman–Crippen MR) is 90.7 cm³/mol. The molecule has 126 valence electrons. The lowest BCUT2D eigenvalue weighted by molar-refractivity contribution is -0.133. The summed E-state index contributed by atoms with van der Waals surface area (Å²) in [4.78, 5) is 28.4. The third-order valence-electron chi connectivity index (χ3n) is 4.54. The number of furan rings is 1. The molecule has 5 heteroatoms. The van der Waals surface area contributed by atoms with Crippen LogP contribution in [0.4, 0.5) is 0 Å². The summed E-state index contributed by atoms with van der Waals surface area (Å²) in [6.07, 6.45) is 3.46. The minimum Gasteiger partial charge on any atom is -0.472 e. The van der Waals surface area contributed by atoms with Gasteiger partial charge in [-0.15, -0.1) is 0 Å². The molecule has 5 nitrogen and oxygen atoms in total. The third kappa shape index (κ3) is 3.67. The normalized spacial score (nSPS) is 16.0. The van der Waals surface area contributed by atoms with Crippen molar-refractivity contribution >= 4 is 11.8 Å². The summed E-state index contributed by atoms with van der Waals surface area (Å²) in [5, 5.41) is 0. The van der Waals surface area contributed by atoms with E-state index in [0.717, 1.165) is 0 Å². The van der Waals surface area contributed by atoms with E-state index in [1.807, 2.05) is 23.1 Å². The van der Waals surface area contributed by atoms with E-state index in [1.54, 1.807) is 11.0 Å². The van der Waals surface area contributed by atoms with Crippen LogP contribution in [0.1, 0.15) is 35.2 Å². The first-order chi connectivity index (χ1) is 11.6. The van der Waals surface area contributed by atoms with Gasteiger partial charge in [0.2, 0.25) is 5.91 Å². The molecule has 1 atom stereocenters. The predicted octanol–water partition coefficient (Wildman–Crippen LogP) is 2.76. The Kier molecular flexibility index (Phi) is 4.99. The number of benzene rings is 1. The Morgan fingerprint density at radius 3 is 2.33 bits per heavy atom. The van der Waals surface area contributed by atoms with Crippen LogP contribution >= 0.6 is 0 Å². The van der Waals surface area contributed by atoms with Gasteiger partial charge in [0, 0.05) is 32.6 Å². The maximum Gasteiger partial charge on any atom is 0.257 e. The quantitative estimate of drug-likeness (QED) is 0.868. The summed E-state index contributed by atoms with van der Waals surface area (Å²) >= 11 is 0. The van der Waals surface area contributed by atoms with Gasteiger partial charge in [-0.2, -0.15) is 0 Å². The van der Waals surface area contributed by atoms with E-state index >= 15 is 0 Å². The zero-order valence-corrected chi connectivity index (χ0v) is 13.9. The number of hydrogen-bond donors (Lipinski definition) is 0. The summed E-state index contributed by atoms with van der Waals surface area (Å²) in [6, 6.07) is 11.8. The number of nitrogens with zero attached hydrogens (tertiary/aromatic N) is 2. The molecule has 1 saturated heterocycles. The highest BCUT2D eigenvalue weighted by Crippen LogP contribution is 2.20. The maximum atomic E-state index is 12.5. The third-order valence-corrected chi connectivity index (χ3v) is 4.54. The van der Waals surface area contributed by atoms with Crippen molar-refractivity contribution < 1.29 is 14.0 Å². The van der Waals surface area contributed by atoms with E-state index in [9.17, 15) is 9.59 Å². The van der Waals surface area contributed by atoms with Gasteiger partial charge in [-0.1, -0.05) is 37.3 Å². The van der Waals surface area contributed by atoms with Crippen molar-refractivity contribution in [3.63, 3.8) is 0 Å². The fraction of sp³-hybridized carbons (Fsp3) is 0.368. The minimum absolute atomic E-state index is 0.0338. The van der Waals surface area contributed by atoms with Gasteiger partial charge in [-0.25, -0.2) is 0 Å². The SMILES string of the molecule is C[C@H](CC(=O)N1CCN(C(=O)c2ccoc2)CC1)c1ccccc1. The molecular weight excluding hydrogens is 304 g/mol. The molecule has 3 rings (SSSR count). The van der Waals surface area contributed by atoms with Crippen LogP contribution in [-0.4, -0.2) is 47.8 Å². The second kappa shape index (κ2) is 7.34. The Hall–Kier alpha value is -2.56. The summed E-state index contributed by atoms with van der Waals surface area (Å²) in [5.74, 6) is 0.319. The van der Waals surface area contributed by atoms with E-state index in [2.05, 4.69) is 19.1 Å². The summed E-state index contributed by atoms with van der Waals surface area (Å²) < 4.78 is 4.96. The largest absolute Gasteiger partial charge is 0.472 e. The molecule has 1 aromatic heterocycles. The molecule has 0 bridgehead atoms. The Balaban J connectivity index is 1.51. The van der Waals surface area contributed by atoms with Crippen molar-refractivity contribution in [2.24, 2.45) is 0 Å². The lowest BCUT2D eigenvalue weighted by atomic mass is 9.97. The second-order valence-corrected chi connectivity index (χ2v) is 6.20. The number of hydrogen-bond acceptors (Lipinski definition) is 3. The molecule has 0 spiro atoms. The van der Waals surface area contributed by atoms with E-state index in [1.165, 1.54) is 18.1 Å². The Labute approximate surface area is 141 Å². The zero-order chi connectivity index (χ0) is 16.9. The van der Waals surface area contributed by atoms with Crippen LogP contribution in [0, 0.1) is 0 Å². The highest BCUT2D eigenvalue weighted by molar-refractivity contribution is 5.94. The van der Waals surface area contributed by atoms with E-state index < -0.39 is 0 Å². The van der Waals surface area contributed by atoms with Crippen molar-refractivity contribution in [3.05, 3.63) is 60.1 Å². The molecule has 1 fully saturated rings. The molecule has 0 unspecified atom stereocenters. The lowest BCUT2D eigenvalue weighted by Crippen LogP contribution is -2.50. The summed E-state index contributed by atoms with van der Waals surface area (Å²) in [7, 11) is 0. The van der Waals surface area contributed by atoms with Crippen molar-refractivity contribution in [3.8, 4) is 0 Å². The van der Waals surface area contributed by atoms with Crippen LogP contribution < -0.4 is 0 Å². The number of piperazine rings is 1. The smallest absolute Gasteiger partial charge is 0.257 e. The zero-order valence-electron chi connectivity index (χ0n) is 13.9. The first-order valence-corrected chi connectivity index (χ1v) is 8.29. The first-order valence-electron chi connectivity index (χ1n) is 8.29. The topological polar surface area (TPSA) is 53.8 Å². The second-order valence-electron chi connectivity index (χ2n) is 6.20. The van der Waals surface area contributed by atoms with Crippen molar-refractivity contribution in [2.75, 3.05) is 26.2 Å². The van der Waals surface area contributed by atoms with Crippen LogP contribution in [0.2, 0.25) is 0 Å². The molecule has 2 aromatic rings. The molecule has 2 heterocycles. The number of carbonyl (C=O) groups is 2. The fourth-order valence-electron chi connectivity index (χ4n) is 3.02. The number of rotatable bonds is 4. The van der Waals surface area contributed by atoms with E-state index in [0.29, 0.717) is 38.2 Å². The van der Waals surface area contributed by atoms with Crippen LogP contribution in [0.25, 0.3) is 0 Å². The molecule has 0 N–H and O–H groups in total. The Morgan fingerprint density at radius 2 is 1.71 bits per heavy atom. The van der Waals surface area contributed by atoms with Crippen molar-refractivity contribution in [1.82, 2.24) is 9.80 Å². The molecule has 0 radical (unpaired) electrons. The highest BCUT2D eigenvalue weighted by atomic mass is 16.3. The van der Waals surface area contributed by atoms with Crippen LogP contribution in [0.3, 0.4) is 0 Å². The standard InChI is InChI=1S/C19H22N2O3/c1-15(16-5-3-2-4-6-16)13-18(22)20-8-10-21(11-9-20)19(23)17-7-12-24-14-17/h2-7,12,14-15H,8-11,13H2,1H3/t15-/m1/s1. The van der Waals surface area contributed by atoms with E-state index in [-0.39, 0.29) is 17.7 Å². The number of amides is 2. The van der Waals surface area contributed by atoms with Gasteiger partial charge in [0.15, 0.2) is 0 Å². The van der Waals surface area contributed by atoms with Crippen molar-refractivity contribution in [1.29, 1.82) is 0 Å². The molecular formula is C19H22N2O3. The monoisotopic (exact) mass is 326 g/mol. The summed E-state index contributed by atoms with van der Waals surface area (Å²) in [5.41, 5.74) is 1.74. The van der Waals surface area contributed by atoms with Gasteiger partial charge in [0.25, 0.3) is 5.91 Å². The molecule has 1 aliphatic rings. The van der Waals surface area contributed by atoms with Gasteiger partial charge in [0.05, 0.1) is 11.8 Å². The molecule has 1 aromatic carbocycles. The van der Waals surface area contributed by atoms with Crippen LogP contribution in [-0.2, 0) is 4.79 Å². The molecule has 2 amide bonds. The fourth-order valence-corrected chi connectivity index (χ4v) is 3.02. The molecule has 0 aliphatic carbocycles. The van der Waals surface area contributed by atoms with Gasteiger partial charge >= 0.3 is 0 Å². The van der Waals surface area contributed by atoms with Gasteiger partial charge < -0.3 is 14.2 Å². The Bertz CT molecular complexity index is 674. The molecule has 0 saturated carbocycles. The molecule has 1 aliphatic heterocycles. The Morgan fingerprint density at radius 1 is 1.04 bits per heavy atom. The van der Waals surface area contributed by atoms with Gasteiger partial charge in [-0.3, -0.25) is 9.59 Å². The highest BCUT2D eigenvalue weighted by Gasteiger charge is 2.26.